The van der Waals surface area contributed by atoms with E-state index in [1.165, 1.54) is 0 Å². The molecule has 1 aliphatic carbocycles. The van der Waals surface area contributed by atoms with E-state index >= 15 is 0 Å². The molecule has 6 nitrogen and oxygen atoms in total. The molecule has 3 amide bonds. The first-order chi connectivity index (χ1) is 13.7. The van der Waals surface area contributed by atoms with Crippen molar-refractivity contribution < 1.29 is 14.4 Å². The summed E-state index contributed by atoms with van der Waals surface area (Å²) in [6.45, 7) is 8.07. The van der Waals surface area contributed by atoms with Gasteiger partial charge >= 0.3 is 0 Å². The fraction of sp³-hybridized carbons (Fsp3) is 0.591. The van der Waals surface area contributed by atoms with E-state index in [-0.39, 0.29) is 35.1 Å². The minimum atomic E-state index is -0.624. The third-order valence-electron chi connectivity index (χ3n) is 5.81. The SMILES string of the molecule is CC(C)CC(NC(=O)C1N2C(=O)c3ccccc3C2SC1(C)C)C(=O)NC1CC1. The molecule has 1 aromatic rings. The summed E-state index contributed by atoms with van der Waals surface area (Å²) in [7, 11) is 0. The summed E-state index contributed by atoms with van der Waals surface area (Å²) < 4.78 is -0.451. The lowest BCUT2D eigenvalue weighted by atomic mass is 9.98. The fourth-order valence-electron chi connectivity index (χ4n) is 4.29. The molecule has 3 aliphatic rings. The molecule has 0 bridgehead atoms. The number of hydrogen-bond donors (Lipinski definition) is 2. The summed E-state index contributed by atoms with van der Waals surface area (Å²) in [4.78, 5) is 40.9. The van der Waals surface area contributed by atoms with Crippen LogP contribution in [0.3, 0.4) is 0 Å². The van der Waals surface area contributed by atoms with Crippen LogP contribution in [-0.2, 0) is 9.59 Å². The van der Waals surface area contributed by atoms with Crippen molar-refractivity contribution in [3.63, 3.8) is 0 Å². The Morgan fingerprint density at radius 1 is 1.24 bits per heavy atom. The normalized spacial score (nSPS) is 25.6. The van der Waals surface area contributed by atoms with Gasteiger partial charge in [-0.25, -0.2) is 0 Å². The summed E-state index contributed by atoms with van der Waals surface area (Å²) in [5, 5.41) is 5.83. The van der Waals surface area contributed by atoms with Gasteiger partial charge in [0, 0.05) is 16.4 Å². The monoisotopic (exact) mass is 415 g/mol. The molecule has 156 valence electrons. The predicted octanol–water partition coefficient (Wildman–Crippen LogP) is 2.84. The standard InChI is InChI=1S/C22H29N3O3S/c1-12(2)11-16(18(26)23-13-9-10-13)24-19(27)17-22(3,4)29-21-15-8-6-5-7-14(15)20(28)25(17)21/h5-8,12-13,16-17,21H,9-11H2,1-4H3,(H,23,26)(H,24,27). The number of thioether (sulfide) groups is 1. The number of nitrogens with one attached hydrogen (secondary N) is 2. The number of amides is 3. The zero-order chi connectivity index (χ0) is 20.9. The van der Waals surface area contributed by atoms with Crippen molar-refractivity contribution in [2.24, 2.45) is 5.92 Å². The second kappa shape index (κ2) is 7.35. The average molecular weight is 416 g/mol. The van der Waals surface area contributed by atoms with Gasteiger partial charge in [0.1, 0.15) is 17.5 Å². The van der Waals surface area contributed by atoms with Gasteiger partial charge in [0.05, 0.1) is 0 Å². The molecule has 2 heterocycles. The summed E-state index contributed by atoms with van der Waals surface area (Å²) in [5.74, 6) is -0.207. The first kappa shape index (κ1) is 20.3. The van der Waals surface area contributed by atoms with Gasteiger partial charge in [-0.3, -0.25) is 14.4 Å². The number of benzene rings is 1. The summed E-state index contributed by atoms with van der Waals surface area (Å²) >= 11 is 1.64. The number of carbonyl (C=O) groups excluding carboxylic acids is 3. The molecular formula is C22H29N3O3S. The lowest BCUT2D eigenvalue weighted by Crippen LogP contribution is -2.57. The molecule has 1 aromatic carbocycles. The van der Waals surface area contributed by atoms with Crippen LogP contribution in [0.1, 0.15) is 68.3 Å². The Kier molecular flexibility index (Phi) is 5.13. The summed E-state index contributed by atoms with van der Waals surface area (Å²) in [6.07, 6.45) is 2.58. The highest BCUT2D eigenvalue weighted by Crippen LogP contribution is 2.56. The third kappa shape index (κ3) is 3.77. The van der Waals surface area contributed by atoms with E-state index in [0.717, 1.165) is 18.4 Å². The van der Waals surface area contributed by atoms with Crippen molar-refractivity contribution in [2.75, 3.05) is 0 Å². The van der Waals surface area contributed by atoms with Crippen LogP contribution in [0.15, 0.2) is 24.3 Å². The Bertz CT molecular complexity index is 849. The quantitative estimate of drug-likeness (QED) is 0.749. The maximum atomic E-state index is 13.4. The van der Waals surface area contributed by atoms with E-state index in [4.69, 9.17) is 0 Å². The second-order valence-corrected chi connectivity index (χ2v) is 11.0. The van der Waals surface area contributed by atoms with Gasteiger partial charge in [-0.05, 0) is 50.7 Å². The number of rotatable bonds is 6. The highest BCUT2D eigenvalue weighted by molar-refractivity contribution is 8.01. The van der Waals surface area contributed by atoms with E-state index in [0.29, 0.717) is 12.0 Å². The zero-order valence-electron chi connectivity index (χ0n) is 17.4. The molecule has 3 unspecified atom stereocenters. The van der Waals surface area contributed by atoms with Crippen LogP contribution in [0, 0.1) is 5.92 Å². The molecule has 1 saturated carbocycles. The molecular weight excluding hydrogens is 386 g/mol. The minimum Gasteiger partial charge on any atom is -0.352 e. The molecule has 0 radical (unpaired) electrons. The second-order valence-electron chi connectivity index (χ2n) is 9.25. The maximum absolute atomic E-state index is 13.4. The highest BCUT2D eigenvalue weighted by atomic mass is 32.2. The van der Waals surface area contributed by atoms with Crippen LogP contribution in [0.25, 0.3) is 0 Å². The van der Waals surface area contributed by atoms with Gasteiger partial charge < -0.3 is 15.5 Å². The van der Waals surface area contributed by atoms with Gasteiger partial charge in [-0.1, -0.05) is 32.0 Å². The molecule has 0 spiro atoms. The third-order valence-corrected chi connectivity index (χ3v) is 7.34. The van der Waals surface area contributed by atoms with Gasteiger partial charge in [-0.2, -0.15) is 0 Å². The molecule has 2 aliphatic heterocycles. The van der Waals surface area contributed by atoms with Crippen molar-refractivity contribution in [3.05, 3.63) is 35.4 Å². The number of nitrogens with zero attached hydrogens (tertiary/aromatic N) is 1. The van der Waals surface area contributed by atoms with Crippen LogP contribution >= 0.6 is 11.8 Å². The van der Waals surface area contributed by atoms with E-state index in [1.54, 1.807) is 16.7 Å². The molecule has 2 fully saturated rings. The van der Waals surface area contributed by atoms with Crippen molar-refractivity contribution in [2.45, 2.75) is 75.2 Å². The van der Waals surface area contributed by atoms with Crippen LogP contribution in [0.2, 0.25) is 0 Å². The van der Waals surface area contributed by atoms with Crippen molar-refractivity contribution >= 4 is 29.5 Å². The van der Waals surface area contributed by atoms with Gasteiger partial charge in [0.25, 0.3) is 5.91 Å². The molecule has 3 atom stereocenters. The lowest BCUT2D eigenvalue weighted by Gasteiger charge is -2.31. The molecule has 2 N–H and O–H groups in total. The first-order valence-corrected chi connectivity index (χ1v) is 11.3. The topological polar surface area (TPSA) is 78.5 Å². The number of fused-ring (bicyclic) bond motifs is 3. The van der Waals surface area contributed by atoms with Crippen LogP contribution in [0.4, 0.5) is 0 Å². The predicted molar refractivity (Wildman–Crippen MR) is 113 cm³/mol. The van der Waals surface area contributed by atoms with Gasteiger partial charge in [0.2, 0.25) is 11.8 Å². The largest absolute Gasteiger partial charge is 0.352 e. The molecule has 0 aromatic heterocycles. The van der Waals surface area contributed by atoms with Gasteiger partial charge in [-0.15, -0.1) is 11.8 Å². The Balaban J connectivity index is 1.56. The maximum Gasteiger partial charge on any atom is 0.256 e. The van der Waals surface area contributed by atoms with Crippen LogP contribution in [-0.4, -0.2) is 45.5 Å². The average Bonchev–Trinajstić information content (AvgIpc) is 3.36. The number of hydrogen-bond acceptors (Lipinski definition) is 4. The Morgan fingerprint density at radius 2 is 1.93 bits per heavy atom. The zero-order valence-corrected chi connectivity index (χ0v) is 18.2. The molecule has 4 rings (SSSR count). The summed E-state index contributed by atoms with van der Waals surface area (Å²) in [6, 6.07) is 6.60. The van der Waals surface area contributed by atoms with Gasteiger partial charge in [0.15, 0.2) is 0 Å². The van der Waals surface area contributed by atoms with Crippen molar-refractivity contribution in [1.82, 2.24) is 15.5 Å². The lowest BCUT2D eigenvalue weighted by molar-refractivity contribution is -0.132. The van der Waals surface area contributed by atoms with Crippen LogP contribution < -0.4 is 10.6 Å². The van der Waals surface area contributed by atoms with E-state index in [9.17, 15) is 14.4 Å². The summed E-state index contributed by atoms with van der Waals surface area (Å²) in [5.41, 5.74) is 1.64. The smallest absolute Gasteiger partial charge is 0.256 e. The number of carbonyl (C=O) groups is 3. The highest BCUT2D eigenvalue weighted by Gasteiger charge is 2.57. The molecule has 7 heteroatoms. The van der Waals surface area contributed by atoms with E-state index < -0.39 is 16.8 Å². The Hall–Kier alpha value is -2.02. The van der Waals surface area contributed by atoms with Crippen LogP contribution in [0.5, 0.6) is 0 Å². The van der Waals surface area contributed by atoms with Crippen molar-refractivity contribution in [1.29, 1.82) is 0 Å². The first-order valence-electron chi connectivity index (χ1n) is 10.4. The van der Waals surface area contributed by atoms with E-state index in [2.05, 4.69) is 10.6 Å². The minimum absolute atomic E-state index is 0.105. The Labute approximate surface area is 176 Å². The fourth-order valence-corrected chi connectivity index (χ4v) is 5.88. The van der Waals surface area contributed by atoms with E-state index in [1.807, 2.05) is 52.0 Å². The van der Waals surface area contributed by atoms with Crippen molar-refractivity contribution in [3.8, 4) is 0 Å². The Morgan fingerprint density at radius 3 is 2.59 bits per heavy atom. The molecule has 1 saturated heterocycles. The molecule has 29 heavy (non-hydrogen) atoms.